The molecule has 0 heterocycles. The summed E-state index contributed by atoms with van der Waals surface area (Å²) >= 11 is 0. The Bertz CT molecular complexity index is 243. The molecule has 0 saturated heterocycles. The van der Waals surface area contributed by atoms with E-state index >= 15 is 0 Å². The van der Waals surface area contributed by atoms with Crippen LogP contribution in [0.2, 0.25) is 0 Å². The molecule has 0 spiro atoms. The lowest BCUT2D eigenvalue weighted by atomic mass is 9.99. The molecule has 10 heavy (non-hydrogen) atoms. The highest BCUT2D eigenvalue weighted by Gasteiger charge is 2.06. The molecule has 0 aromatic rings. The van der Waals surface area contributed by atoms with Gasteiger partial charge in [-0.05, 0) is 0 Å². The van der Waals surface area contributed by atoms with Crippen LogP contribution in [-0.4, -0.2) is 0 Å². The van der Waals surface area contributed by atoms with Gasteiger partial charge in [-0.2, -0.15) is 10.5 Å². The molecule has 1 aliphatic rings. The lowest BCUT2D eigenvalue weighted by molar-refractivity contribution is 1.11. The van der Waals surface area contributed by atoms with Crippen molar-refractivity contribution in [3.63, 3.8) is 0 Å². The Kier molecular flexibility index (Phi) is 1.87. The van der Waals surface area contributed by atoms with Gasteiger partial charge in [0.1, 0.15) is 0 Å². The molecule has 0 amide bonds. The van der Waals surface area contributed by atoms with Crippen molar-refractivity contribution in [3.8, 4) is 12.1 Å². The SMILES string of the molecule is N#CC1=C(C#N)CC=CC1. The molecule has 48 valence electrons. The van der Waals surface area contributed by atoms with Gasteiger partial charge in [0.25, 0.3) is 0 Å². The van der Waals surface area contributed by atoms with Crippen LogP contribution in [0.3, 0.4) is 0 Å². The summed E-state index contributed by atoms with van der Waals surface area (Å²) in [5.74, 6) is 0. The molecule has 0 fully saturated rings. The molecular formula is C8H6N2. The Balaban J connectivity index is 2.92. The Morgan fingerprint density at radius 3 is 1.70 bits per heavy atom. The minimum Gasteiger partial charge on any atom is -0.193 e. The second-order valence-electron chi connectivity index (χ2n) is 2.06. The van der Waals surface area contributed by atoms with Crippen molar-refractivity contribution in [2.75, 3.05) is 0 Å². The van der Waals surface area contributed by atoms with Gasteiger partial charge in [0.2, 0.25) is 0 Å². The molecule has 2 heteroatoms. The fourth-order valence-electron chi connectivity index (χ4n) is 0.875. The predicted octanol–water partition coefficient (Wildman–Crippen LogP) is 1.68. The molecule has 1 rings (SSSR count). The van der Waals surface area contributed by atoms with Crippen LogP contribution in [-0.2, 0) is 0 Å². The van der Waals surface area contributed by atoms with Gasteiger partial charge in [0, 0.05) is 24.0 Å². The van der Waals surface area contributed by atoms with Crippen molar-refractivity contribution in [2.45, 2.75) is 12.8 Å². The zero-order valence-corrected chi connectivity index (χ0v) is 5.46. The first-order valence-corrected chi connectivity index (χ1v) is 3.05. The summed E-state index contributed by atoms with van der Waals surface area (Å²) in [6.07, 6.45) is 5.08. The molecule has 0 atom stereocenters. The molecule has 0 saturated carbocycles. The average Bonchev–Trinajstić information content (AvgIpc) is 2.04. The molecule has 0 unspecified atom stereocenters. The van der Waals surface area contributed by atoms with Crippen LogP contribution in [0.5, 0.6) is 0 Å². The third kappa shape index (κ3) is 1.06. The van der Waals surface area contributed by atoms with Crippen molar-refractivity contribution in [2.24, 2.45) is 0 Å². The number of nitriles is 2. The molecule has 0 N–H and O–H groups in total. The highest BCUT2D eigenvalue weighted by molar-refractivity contribution is 5.41. The van der Waals surface area contributed by atoms with E-state index in [0.717, 1.165) is 0 Å². The molecular weight excluding hydrogens is 124 g/mol. The lowest BCUT2D eigenvalue weighted by Gasteiger charge is -2.01. The molecule has 0 radical (unpaired) electrons. The van der Waals surface area contributed by atoms with Gasteiger partial charge in [-0.25, -0.2) is 0 Å². The summed E-state index contributed by atoms with van der Waals surface area (Å²) < 4.78 is 0. The largest absolute Gasteiger partial charge is 0.193 e. The van der Waals surface area contributed by atoms with Crippen molar-refractivity contribution in [3.05, 3.63) is 23.3 Å². The van der Waals surface area contributed by atoms with E-state index in [4.69, 9.17) is 10.5 Å². The van der Waals surface area contributed by atoms with Crippen LogP contribution >= 0.6 is 0 Å². The summed E-state index contributed by atoms with van der Waals surface area (Å²) in [7, 11) is 0. The van der Waals surface area contributed by atoms with Crippen molar-refractivity contribution < 1.29 is 0 Å². The Morgan fingerprint density at radius 1 is 1.00 bits per heavy atom. The van der Waals surface area contributed by atoms with Crippen LogP contribution in [0.1, 0.15) is 12.8 Å². The second-order valence-corrected chi connectivity index (χ2v) is 2.06. The number of hydrogen-bond acceptors (Lipinski definition) is 2. The van der Waals surface area contributed by atoms with Gasteiger partial charge in [0.05, 0.1) is 12.1 Å². The topological polar surface area (TPSA) is 47.6 Å². The summed E-state index contributed by atoms with van der Waals surface area (Å²) in [6, 6.07) is 4.02. The number of hydrogen-bond donors (Lipinski definition) is 0. The minimum atomic E-state index is 0.616. The zero-order chi connectivity index (χ0) is 7.40. The van der Waals surface area contributed by atoms with E-state index in [1.165, 1.54) is 0 Å². The number of allylic oxidation sites excluding steroid dienone is 4. The van der Waals surface area contributed by atoms with Crippen molar-refractivity contribution in [1.82, 2.24) is 0 Å². The fourth-order valence-corrected chi connectivity index (χ4v) is 0.875. The first-order chi connectivity index (χ1) is 4.88. The molecule has 0 aliphatic heterocycles. The quantitative estimate of drug-likeness (QED) is 0.468. The Hall–Kier alpha value is -1.54. The molecule has 0 aromatic carbocycles. The molecule has 0 aromatic heterocycles. The number of rotatable bonds is 0. The standard InChI is InChI=1S/C8H6N2/c9-5-7-3-1-2-4-8(7)6-10/h1-2H,3-4H2. The normalized spacial score (nSPS) is 16.2. The van der Waals surface area contributed by atoms with E-state index in [1.54, 1.807) is 0 Å². The second kappa shape index (κ2) is 2.85. The highest BCUT2D eigenvalue weighted by atomic mass is 14.3. The maximum absolute atomic E-state index is 8.50. The monoisotopic (exact) mass is 130 g/mol. The maximum Gasteiger partial charge on any atom is 0.0960 e. The Morgan fingerprint density at radius 2 is 1.40 bits per heavy atom. The minimum absolute atomic E-state index is 0.616. The molecule has 2 nitrogen and oxygen atoms in total. The average molecular weight is 130 g/mol. The van der Waals surface area contributed by atoms with E-state index in [9.17, 15) is 0 Å². The van der Waals surface area contributed by atoms with Crippen LogP contribution in [0.4, 0.5) is 0 Å². The highest BCUT2D eigenvalue weighted by Crippen LogP contribution is 2.17. The smallest absolute Gasteiger partial charge is 0.0960 e. The third-order valence-electron chi connectivity index (χ3n) is 1.44. The summed E-state index contributed by atoms with van der Waals surface area (Å²) in [5.41, 5.74) is 1.23. The summed E-state index contributed by atoms with van der Waals surface area (Å²) in [4.78, 5) is 0. The van der Waals surface area contributed by atoms with Gasteiger partial charge in [0.15, 0.2) is 0 Å². The van der Waals surface area contributed by atoms with Crippen molar-refractivity contribution >= 4 is 0 Å². The maximum atomic E-state index is 8.50. The zero-order valence-electron chi connectivity index (χ0n) is 5.46. The van der Waals surface area contributed by atoms with Gasteiger partial charge in [-0.3, -0.25) is 0 Å². The van der Waals surface area contributed by atoms with Gasteiger partial charge < -0.3 is 0 Å². The van der Waals surface area contributed by atoms with Crippen molar-refractivity contribution in [1.29, 1.82) is 10.5 Å². The van der Waals surface area contributed by atoms with Crippen LogP contribution < -0.4 is 0 Å². The first-order valence-electron chi connectivity index (χ1n) is 3.05. The summed E-state index contributed by atoms with van der Waals surface area (Å²) in [5, 5.41) is 17.0. The predicted molar refractivity (Wildman–Crippen MR) is 36.6 cm³/mol. The van der Waals surface area contributed by atoms with Gasteiger partial charge >= 0.3 is 0 Å². The van der Waals surface area contributed by atoms with Crippen LogP contribution in [0.25, 0.3) is 0 Å². The van der Waals surface area contributed by atoms with Crippen LogP contribution in [0.15, 0.2) is 23.3 Å². The van der Waals surface area contributed by atoms with Crippen LogP contribution in [0, 0.1) is 22.7 Å². The van der Waals surface area contributed by atoms with Gasteiger partial charge in [-0.15, -0.1) is 0 Å². The van der Waals surface area contributed by atoms with E-state index < -0.39 is 0 Å². The third-order valence-corrected chi connectivity index (χ3v) is 1.44. The van der Waals surface area contributed by atoms with E-state index in [1.807, 2.05) is 24.3 Å². The lowest BCUT2D eigenvalue weighted by Crippen LogP contribution is -1.90. The van der Waals surface area contributed by atoms with E-state index in [2.05, 4.69) is 0 Å². The fraction of sp³-hybridized carbons (Fsp3) is 0.250. The Labute approximate surface area is 59.7 Å². The molecule has 0 bridgehead atoms. The van der Waals surface area contributed by atoms with E-state index in [0.29, 0.717) is 24.0 Å². The molecule has 1 aliphatic carbocycles. The van der Waals surface area contributed by atoms with E-state index in [-0.39, 0.29) is 0 Å². The summed E-state index contributed by atoms with van der Waals surface area (Å²) in [6.45, 7) is 0. The first kappa shape index (κ1) is 6.58. The van der Waals surface area contributed by atoms with Gasteiger partial charge in [-0.1, -0.05) is 12.2 Å². The number of nitrogens with zero attached hydrogens (tertiary/aromatic N) is 2.